The summed E-state index contributed by atoms with van der Waals surface area (Å²) in [6.45, 7) is 1.03. The number of anilines is 2. The highest BCUT2D eigenvalue weighted by atomic mass is 16.5. The van der Waals surface area contributed by atoms with Crippen molar-refractivity contribution in [2.45, 2.75) is 0 Å². The van der Waals surface area contributed by atoms with Gasteiger partial charge in [-0.15, -0.1) is 0 Å². The molecule has 2 aromatic rings. The predicted molar refractivity (Wildman–Crippen MR) is 71.8 cm³/mol. The number of carbonyl (C=O) groups is 1. The lowest BCUT2D eigenvalue weighted by molar-refractivity contribution is -0.119. The molecule has 7 nitrogen and oxygen atoms in total. The number of fused-ring (bicyclic) bond motifs is 1. The average molecular weight is 264 g/mol. The molecule has 0 fully saturated rings. The van der Waals surface area contributed by atoms with E-state index in [-0.39, 0.29) is 18.5 Å². The predicted octanol–water partition coefficient (Wildman–Crippen LogP) is 0.585. The van der Waals surface area contributed by atoms with Gasteiger partial charge in [0.05, 0.1) is 18.8 Å². The maximum Gasteiger partial charge on any atom is 0.296 e. The topological polar surface area (TPSA) is 102 Å². The molecule has 0 bridgehead atoms. The Bertz CT molecular complexity index is 567. The van der Waals surface area contributed by atoms with Crippen LogP contribution in [0.1, 0.15) is 0 Å². The monoisotopic (exact) mass is 264 g/mol. The molecule has 2 rings (SSSR count). The number of rotatable bonds is 6. The smallest absolute Gasteiger partial charge is 0.296 e. The SMILES string of the molecule is COCCNC(=O)CNc1nc2c(N)cccc2o1. The first-order valence-corrected chi connectivity index (χ1v) is 5.85. The quantitative estimate of drug-likeness (QED) is 0.521. The molecule has 4 N–H and O–H groups in total. The first-order valence-electron chi connectivity index (χ1n) is 5.85. The van der Waals surface area contributed by atoms with Gasteiger partial charge in [0.2, 0.25) is 5.91 Å². The maximum absolute atomic E-state index is 11.5. The fourth-order valence-electron chi connectivity index (χ4n) is 1.56. The zero-order valence-electron chi connectivity index (χ0n) is 10.6. The average Bonchev–Trinajstić information content (AvgIpc) is 2.81. The molecule has 1 aromatic carbocycles. The number of ether oxygens (including phenoxy) is 1. The van der Waals surface area contributed by atoms with Crippen molar-refractivity contribution in [3.63, 3.8) is 0 Å². The number of amides is 1. The van der Waals surface area contributed by atoms with Crippen LogP contribution in [0.25, 0.3) is 11.1 Å². The highest BCUT2D eigenvalue weighted by Gasteiger charge is 2.08. The number of para-hydroxylation sites is 1. The number of aromatic nitrogens is 1. The molecule has 7 heteroatoms. The molecule has 0 aliphatic heterocycles. The van der Waals surface area contributed by atoms with Crippen LogP contribution < -0.4 is 16.4 Å². The molecule has 1 amide bonds. The molecule has 0 spiro atoms. The third-order valence-corrected chi connectivity index (χ3v) is 2.48. The standard InChI is InChI=1S/C12H16N4O3/c1-18-6-5-14-10(17)7-15-12-16-11-8(13)3-2-4-9(11)19-12/h2-4H,5-7,13H2,1H3,(H,14,17)(H,15,16). The lowest BCUT2D eigenvalue weighted by Crippen LogP contribution is -2.32. The number of methoxy groups -OCH3 is 1. The van der Waals surface area contributed by atoms with E-state index in [2.05, 4.69) is 15.6 Å². The van der Waals surface area contributed by atoms with Crippen LogP contribution in [0, 0.1) is 0 Å². The molecule has 0 saturated carbocycles. The summed E-state index contributed by atoms with van der Waals surface area (Å²) in [4.78, 5) is 15.6. The van der Waals surface area contributed by atoms with Crippen LogP contribution in [0.3, 0.4) is 0 Å². The number of nitrogens with zero attached hydrogens (tertiary/aromatic N) is 1. The number of nitrogens with two attached hydrogens (primary N) is 1. The van der Waals surface area contributed by atoms with Crippen molar-refractivity contribution in [3.8, 4) is 0 Å². The molecule has 0 aliphatic carbocycles. The van der Waals surface area contributed by atoms with Crippen LogP contribution in [0.4, 0.5) is 11.7 Å². The van der Waals surface area contributed by atoms with E-state index in [0.29, 0.717) is 29.9 Å². The van der Waals surface area contributed by atoms with Gasteiger partial charge in [-0.2, -0.15) is 4.98 Å². The minimum absolute atomic E-state index is 0.0798. The molecule has 0 unspecified atom stereocenters. The Balaban J connectivity index is 1.91. The number of nitrogen functional groups attached to an aromatic ring is 1. The van der Waals surface area contributed by atoms with E-state index in [1.165, 1.54) is 0 Å². The largest absolute Gasteiger partial charge is 0.423 e. The number of hydrogen-bond donors (Lipinski definition) is 3. The summed E-state index contributed by atoms with van der Waals surface area (Å²) in [7, 11) is 1.58. The Morgan fingerprint density at radius 2 is 2.37 bits per heavy atom. The summed E-state index contributed by atoms with van der Waals surface area (Å²) in [5, 5.41) is 5.48. The fraction of sp³-hybridized carbons (Fsp3) is 0.333. The Morgan fingerprint density at radius 3 is 3.11 bits per heavy atom. The van der Waals surface area contributed by atoms with E-state index < -0.39 is 0 Å². The molecular weight excluding hydrogens is 248 g/mol. The zero-order valence-corrected chi connectivity index (χ0v) is 10.6. The Labute approximate surface area is 110 Å². The number of oxazole rings is 1. The first-order chi connectivity index (χ1) is 9.20. The van der Waals surface area contributed by atoms with Gasteiger partial charge in [0, 0.05) is 13.7 Å². The minimum Gasteiger partial charge on any atom is -0.423 e. The van der Waals surface area contributed by atoms with Gasteiger partial charge in [-0.3, -0.25) is 4.79 Å². The first kappa shape index (κ1) is 13.2. The van der Waals surface area contributed by atoms with E-state index >= 15 is 0 Å². The lowest BCUT2D eigenvalue weighted by Gasteiger charge is -2.04. The van der Waals surface area contributed by atoms with Gasteiger partial charge in [0.25, 0.3) is 6.01 Å². The number of nitrogens with one attached hydrogen (secondary N) is 2. The number of hydrogen-bond acceptors (Lipinski definition) is 6. The zero-order chi connectivity index (χ0) is 13.7. The molecule has 102 valence electrons. The van der Waals surface area contributed by atoms with Gasteiger partial charge in [-0.1, -0.05) is 6.07 Å². The van der Waals surface area contributed by atoms with Gasteiger partial charge in [-0.25, -0.2) is 0 Å². The normalized spacial score (nSPS) is 10.6. The van der Waals surface area contributed by atoms with Crippen molar-refractivity contribution in [3.05, 3.63) is 18.2 Å². The molecule has 1 heterocycles. The second-order valence-electron chi connectivity index (χ2n) is 3.91. The Kier molecular flexibility index (Phi) is 4.19. The molecule has 0 radical (unpaired) electrons. The summed E-state index contributed by atoms with van der Waals surface area (Å²) in [5.74, 6) is -0.160. The highest BCUT2D eigenvalue weighted by molar-refractivity contribution is 5.87. The molecule has 0 aliphatic rings. The van der Waals surface area contributed by atoms with Crippen molar-refractivity contribution < 1.29 is 13.9 Å². The second kappa shape index (κ2) is 6.05. The number of benzene rings is 1. The third kappa shape index (κ3) is 3.35. The van der Waals surface area contributed by atoms with E-state index in [1.807, 2.05) is 0 Å². The van der Waals surface area contributed by atoms with Gasteiger partial charge in [0.15, 0.2) is 5.58 Å². The van der Waals surface area contributed by atoms with Crippen LogP contribution in [0.5, 0.6) is 0 Å². The third-order valence-electron chi connectivity index (χ3n) is 2.48. The van der Waals surface area contributed by atoms with Gasteiger partial charge in [-0.05, 0) is 12.1 Å². The van der Waals surface area contributed by atoms with Crippen molar-refractivity contribution in [2.75, 3.05) is 37.9 Å². The van der Waals surface area contributed by atoms with E-state index in [4.69, 9.17) is 14.9 Å². The minimum atomic E-state index is -0.160. The van der Waals surface area contributed by atoms with Crippen molar-refractivity contribution in [1.82, 2.24) is 10.3 Å². The summed E-state index contributed by atoms with van der Waals surface area (Å²) < 4.78 is 10.2. The summed E-state index contributed by atoms with van der Waals surface area (Å²) in [5.41, 5.74) is 7.48. The molecular formula is C12H16N4O3. The molecule has 0 saturated heterocycles. The Morgan fingerprint density at radius 1 is 1.53 bits per heavy atom. The van der Waals surface area contributed by atoms with Gasteiger partial charge < -0.3 is 25.5 Å². The lowest BCUT2D eigenvalue weighted by atomic mass is 10.3. The van der Waals surface area contributed by atoms with Crippen LogP contribution in [-0.4, -0.2) is 37.7 Å². The molecule has 19 heavy (non-hydrogen) atoms. The number of carbonyl (C=O) groups excluding carboxylic acids is 1. The van der Waals surface area contributed by atoms with Crippen molar-refractivity contribution >= 4 is 28.7 Å². The summed E-state index contributed by atoms with van der Waals surface area (Å²) in [6, 6.07) is 5.56. The van der Waals surface area contributed by atoms with Crippen LogP contribution in [0.2, 0.25) is 0 Å². The molecule has 0 atom stereocenters. The van der Waals surface area contributed by atoms with Gasteiger partial charge in [0.1, 0.15) is 5.52 Å². The molecule has 1 aromatic heterocycles. The van der Waals surface area contributed by atoms with Crippen molar-refractivity contribution in [1.29, 1.82) is 0 Å². The van der Waals surface area contributed by atoms with Crippen LogP contribution in [-0.2, 0) is 9.53 Å². The maximum atomic E-state index is 11.5. The van der Waals surface area contributed by atoms with Crippen LogP contribution >= 0.6 is 0 Å². The van der Waals surface area contributed by atoms with Crippen LogP contribution in [0.15, 0.2) is 22.6 Å². The van der Waals surface area contributed by atoms with Crippen molar-refractivity contribution in [2.24, 2.45) is 0 Å². The second-order valence-corrected chi connectivity index (χ2v) is 3.91. The fourth-order valence-corrected chi connectivity index (χ4v) is 1.56. The summed E-state index contributed by atoms with van der Waals surface area (Å²) >= 11 is 0. The summed E-state index contributed by atoms with van der Waals surface area (Å²) in [6.07, 6.45) is 0. The Hall–Kier alpha value is -2.28. The van der Waals surface area contributed by atoms with E-state index in [1.54, 1.807) is 25.3 Å². The van der Waals surface area contributed by atoms with E-state index in [0.717, 1.165) is 0 Å². The van der Waals surface area contributed by atoms with E-state index in [9.17, 15) is 4.79 Å². The highest BCUT2D eigenvalue weighted by Crippen LogP contribution is 2.23. The van der Waals surface area contributed by atoms with Gasteiger partial charge >= 0.3 is 0 Å².